The molecule has 0 saturated heterocycles. The minimum Gasteiger partial charge on any atom is -0.621 e. The molecule has 1 atom stereocenters. The lowest BCUT2D eigenvalue weighted by atomic mass is 9.91. The van der Waals surface area contributed by atoms with Crippen molar-refractivity contribution < 1.29 is 14.3 Å². The fraction of sp³-hybridized carbons (Fsp3) is 0.360. The molecule has 1 aliphatic heterocycles. The van der Waals surface area contributed by atoms with Gasteiger partial charge in [0.15, 0.2) is 0 Å². The van der Waals surface area contributed by atoms with E-state index in [9.17, 15) is 10.0 Å². The number of nitrogens with zero attached hydrogens (tertiary/aromatic N) is 1. The average Bonchev–Trinajstić information content (AvgIpc) is 2.99. The topological polar surface area (TPSA) is 52.4 Å². The molecule has 4 nitrogen and oxygen atoms in total. The first kappa shape index (κ1) is 19.4. The van der Waals surface area contributed by atoms with Crippen LogP contribution in [0.25, 0.3) is 5.57 Å². The van der Waals surface area contributed by atoms with Crippen molar-refractivity contribution in [2.45, 2.75) is 57.6 Å². The summed E-state index contributed by atoms with van der Waals surface area (Å²) in [6.45, 7) is 2.12. The van der Waals surface area contributed by atoms with Crippen molar-refractivity contribution in [2.24, 2.45) is 0 Å². The molecular weight excluding hydrogens is 362 g/mol. The molecule has 4 heteroatoms. The van der Waals surface area contributed by atoms with Crippen LogP contribution in [0, 0.1) is 5.21 Å². The summed E-state index contributed by atoms with van der Waals surface area (Å²) in [5.74, 6) is 0.745. The number of carbonyl (C=O) groups is 1. The quantitative estimate of drug-likeness (QED) is 0.504. The fourth-order valence-electron chi connectivity index (χ4n) is 4.33. The Hall–Kier alpha value is -2.88. The van der Waals surface area contributed by atoms with Crippen LogP contribution in [0.5, 0.6) is 0 Å². The standard InChI is InChI=1S/C25H27NO3/c1-2-3-16-22-24(29-25(26(22)28)17-10-15-21(27)18-25)23(19-11-6-4-7-12-19)20-13-8-5-9-14-20/h4-9,11-14H,2-3,10,15-18H2,1H3/t25-/m0/s1. The first-order valence-electron chi connectivity index (χ1n) is 10.5. The van der Waals surface area contributed by atoms with Crippen molar-refractivity contribution in [1.29, 1.82) is 0 Å². The molecule has 4 rings (SSSR count). The lowest BCUT2D eigenvalue weighted by Gasteiger charge is -2.29. The highest BCUT2D eigenvalue weighted by atomic mass is 16.6. The molecule has 1 saturated carbocycles. The number of Topliss-reactive ketones (excluding diaryl/α,β-unsaturated/α-hetero) is 1. The highest BCUT2D eigenvalue weighted by molar-refractivity contribution is 6.05. The van der Waals surface area contributed by atoms with Crippen LogP contribution in [0.4, 0.5) is 0 Å². The molecule has 1 heterocycles. The van der Waals surface area contributed by atoms with Gasteiger partial charge >= 0.3 is 5.72 Å². The van der Waals surface area contributed by atoms with Crippen LogP contribution >= 0.6 is 0 Å². The molecule has 2 aromatic carbocycles. The van der Waals surface area contributed by atoms with Gasteiger partial charge in [0.1, 0.15) is 12.2 Å². The smallest absolute Gasteiger partial charge is 0.323 e. The fourth-order valence-corrected chi connectivity index (χ4v) is 4.33. The van der Waals surface area contributed by atoms with Crippen molar-refractivity contribution in [3.8, 4) is 0 Å². The van der Waals surface area contributed by atoms with Gasteiger partial charge in [0, 0.05) is 18.4 Å². The Morgan fingerprint density at radius 1 is 1.07 bits per heavy atom. The Morgan fingerprint density at radius 3 is 2.24 bits per heavy atom. The largest absolute Gasteiger partial charge is 0.621 e. The minimum absolute atomic E-state index is 0.106. The third-order valence-electron chi connectivity index (χ3n) is 5.78. The summed E-state index contributed by atoms with van der Waals surface area (Å²) in [4.78, 5) is 12.2. The molecule has 0 N–H and O–H groups in total. The van der Waals surface area contributed by atoms with Gasteiger partial charge in [-0.05, 0) is 24.0 Å². The van der Waals surface area contributed by atoms with Gasteiger partial charge in [0.2, 0.25) is 11.5 Å². The molecule has 0 aromatic heterocycles. The number of benzene rings is 2. The highest BCUT2D eigenvalue weighted by Crippen LogP contribution is 2.42. The van der Waals surface area contributed by atoms with Gasteiger partial charge < -0.3 is 9.94 Å². The Morgan fingerprint density at radius 2 is 1.69 bits per heavy atom. The molecule has 29 heavy (non-hydrogen) atoms. The summed E-state index contributed by atoms with van der Waals surface area (Å²) in [6, 6.07) is 20.1. The lowest BCUT2D eigenvalue weighted by molar-refractivity contribution is -0.593. The van der Waals surface area contributed by atoms with Crippen LogP contribution in [0.3, 0.4) is 0 Å². The Bertz CT molecular complexity index is 905. The number of rotatable bonds is 5. The number of hydrogen-bond acceptors (Lipinski definition) is 3. The summed E-state index contributed by atoms with van der Waals surface area (Å²) < 4.78 is 7.52. The predicted molar refractivity (Wildman–Crippen MR) is 114 cm³/mol. The second-order valence-corrected chi connectivity index (χ2v) is 7.90. The zero-order valence-corrected chi connectivity index (χ0v) is 16.9. The molecule has 150 valence electrons. The normalized spacial score (nSPS) is 21.6. The van der Waals surface area contributed by atoms with Gasteiger partial charge in [-0.2, -0.15) is 4.74 Å². The average molecular weight is 389 g/mol. The lowest BCUT2D eigenvalue weighted by Crippen LogP contribution is -2.43. The van der Waals surface area contributed by atoms with Crippen molar-refractivity contribution in [1.82, 2.24) is 0 Å². The summed E-state index contributed by atoms with van der Waals surface area (Å²) in [5.41, 5.74) is 2.53. The first-order chi connectivity index (χ1) is 14.1. The summed E-state index contributed by atoms with van der Waals surface area (Å²) in [5, 5.41) is 13.5. The molecule has 1 aliphatic carbocycles. The number of hydrogen-bond donors (Lipinski definition) is 0. The van der Waals surface area contributed by atoms with E-state index in [0.717, 1.165) is 34.3 Å². The number of carbonyl (C=O) groups excluding carboxylic acids is 1. The molecule has 0 amide bonds. The van der Waals surface area contributed by atoms with Crippen LogP contribution in [-0.4, -0.2) is 22.0 Å². The van der Waals surface area contributed by atoms with Crippen molar-refractivity contribution in [3.63, 3.8) is 0 Å². The summed E-state index contributed by atoms with van der Waals surface area (Å²) >= 11 is 0. The van der Waals surface area contributed by atoms with E-state index in [1.807, 2.05) is 60.7 Å². The summed E-state index contributed by atoms with van der Waals surface area (Å²) in [7, 11) is 0. The van der Waals surface area contributed by atoms with Gasteiger partial charge in [0.05, 0.1) is 6.42 Å². The molecule has 2 aromatic rings. The SMILES string of the molecule is CCCCC1=[N+]([O-])[C@@]2(CCCC(=O)C2)OC1=C(c1ccccc1)c1ccccc1. The molecule has 1 spiro atoms. The van der Waals surface area contributed by atoms with E-state index in [2.05, 4.69) is 6.92 Å². The molecular formula is C25H27NO3. The Kier molecular flexibility index (Phi) is 5.52. The van der Waals surface area contributed by atoms with E-state index in [-0.39, 0.29) is 12.2 Å². The van der Waals surface area contributed by atoms with Gasteiger partial charge in [-0.1, -0.05) is 74.0 Å². The van der Waals surface area contributed by atoms with Gasteiger partial charge in [0.25, 0.3) is 0 Å². The zero-order chi connectivity index (χ0) is 20.3. The van der Waals surface area contributed by atoms with E-state index in [1.165, 1.54) is 0 Å². The highest BCUT2D eigenvalue weighted by Gasteiger charge is 2.54. The van der Waals surface area contributed by atoms with E-state index in [4.69, 9.17) is 4.74 Å². The van der Waals surface area contributed by atoms with Gasteiger partial charge in [-0.3, -0.25) is 4.79 Å². The van der Waals surface area contributed by atoms with E-state index >= 15 is 0 Å². The monoisotopic (exact) mass is 389 g/mol. The Balaban J connectivity index is 1.92. The maximum atomic E-state index is 13.5. The number of unbranched alkanes of at least 4 members (excludes halogenated alkanes) is 1. The molecule has 0 unspecified atom stereocenters. The maximum Gasteiger partial charge on any atom is 0.323 e. The Labute approximate surface area is 172 Å². The van der Waals surface area contributed by atoms with Crippen molar-refractivity contribution in [3.05, 3.63) is 82.8 Å². The van der Waals surface area contributed by atoms with Crippen molar-refractivity contribution in [2.75, 3.05) is 0 Å². The van der Waals surface area contributed by atoms with Gasteiger partial charge in [-0.25, -0.2) is 0 Å². The van der Waals surface area contributed by atoms with E-state index in [1.54, 1.807) is 0 Å². The first-order valence-corrected chi connectivity index (χ1v) is 10.5. The molecule has 0 bridgehead atoms. The third kappa shape index (κ3) is 3.71. The molecule has 2 aliphatic rings. The van der Waals surface area contributed by atoms with E-state index < -0.39 is 5.72 Å². The molecule has 1 fully saturated rings. The third-order valence-corrected chi connectivity index (χ3v) is 5.78. The zero-order valence-electron chi connectivity index (χ0n) is 16.9. The number of hydroxylamine groups is 1. The number of ketones is 1. The van der Waals surface area contributed by atoms with Crippen LogP contribution in [-0.2, 0) is 9.53 Å². The van der Waals surface area contributed by atoms with Crippen molar-refractivity contribution >= 4 is 17.1 Å². The van der Waals surface area contributed by atoms with E-state index in [0.29, 0.717) is 37.2 Å². The second kappa shape index (κ2) is 8.24. The number of ether oxygens (including phenoxy) is 1. The second-order valence-electron chi connectivity index (χ2n) is 7.90. The predicted octanol–water partition coefficient (Wildman–Crippen LogP) is 5.46. The van der Waals surface area contributed by atoms with Gasteiger partial charge in [-0.15, -0.1) is 0 Å². The van der Waals surface area contributed by atoms with Crippen LogP contribution in [0.1, 0.15) is 63.0 Å². The van der Waals surface area contributed by atoms with Crippen LogP contribution in [0.2, 0.25) is 0 Å². The van der Waals surface area contributed by atoms with Crippen LogP contribution in [0.15, 0.2) is 66.4 Å². The number of allylic oxidation sites excluding steroid dienone is 1. The molecule has 0 radical (unpaired) electrons. The minimum atomic E-state index is -1.08. The van der Waals surface area contributed by atoms with Crippen LogP contribution < -0.4 is 0 Å². The maximum absolute atomic E-state index is 13.5. The summed E-state index contributed by atoms with van der Waals surface area (Å²) in [6.07, 6.45) is 4.51.